The average molecular weight is 748 g/mol. The molecule has 2 N–H and O–H groups in total. The second-order valence-corrected chi connectivity index (χ2v) is 15.6. The van der Waals surface area contributed by atoms with Crippen LogP contribution in [-0.2, 0) is 19.2 Å². The molecule has 9 heteroatoms. The summed E-state index contributed by atoms with van der Waals surface area (Å²) in [6, 6.07) is 0. The van der Waals surface area contributed by atoms with Crippen LogP contribution < -0.4 is 10.2 Å². The molecule has 264 valence electrons. The average Bonchev–Trinajstić information content (AvgIpc) is 2.99. The van der Waals surface area contributed by atoms with Crippen LogP contribution in [0.5, 0.6) is 0 Å². The SMILES string of the molecule is CCCCCCCCCCCC(=O)[O-].CCCCCCCCCCCC(=O)[O-].CCC[CH2][Sn+2][CH2]CCC.O=C(O)/C=C\C(=O)O. The van der Waals surface area contributed by atoms with E-state index in [-0.39, 0.29) is 34.0 Å². The summed E-state index contributed by atoms with van der Waals surface area (Å²) in [4.78, 5) is 39.3. The Kier molecular flexibility index (Phi) is 52.3. The molecule has 0 aliphatic rings. The molecule has 0 aromatic heterocycles. The molecule has 0 saturated heterocycles. The van der Waals surface area contributed by atoms with Gasteiger partial charge in [0.05, 0.1) is 0 Å². The molecule has 0 aromatic rings. The van der Waals surface area contributed by atoms with Crippen molar-refractivity contribution in [2.45, 2.75) is 191 Å². The van der Waals surface area contributed by atoms with E-state index < -0.39 is 23.9 Å². The third-order valence-electron chi connectivity index (χ3n) is 6.75. The minimum absolute atomic E-state index is 0.149. The summed E-state index contributed by atoms with van der Waals surface area (Å²) in [6.45, 7) is 9.03. The maximum atomic E-state index is 10.1. The molecular weight excluding hydrogens is 679 g/mol. The molecule has 0 bridgehead atoms. The summed E-state index contributed by atoms with van der Waals surface area (Å²) in [5.74, 6) is -4.33. The van der Waals surface area contributed by atoms with Gasteiger partial charge in [0.2, 0.25) is 0 Å². The van der Waals surface area contributed by atoms with Gasteiger partial charge in [0.25, 0.3) is 0 Å². The number of rotatable bonds is 28. The summed E-state index contributed by atoms with van der Waals surface area (Å²) >= 11 is 0.149. The standard InChI is InChI=1S/2C12H24O2.C4H4O4.2C4H9.Sn/c2*1-2-3-4-5-6-7-8-9-10-11-12(13)14;5-3(6)1-2-4(7)8;2*1-3-4-2;/h2*2-11H2,1H3,(H,13,14);1-2H,(H,5,6)(H,7,8);2*1,3-4H2,2H3;/q;;;;;+2/p-2/b;;2-1-;;;. The molecule has 0 rings (SSSR count). The Bertz CT molecular complexity index is 613. The van der Waals surface area contributed by atoms with E-state index in [4.69, 9.17) is 10.2 Å². The van der Waals surface area contributed by atoms with Crippen LogP contribution in [0.4, 0.5) is 0 Å². The first-order valence-corrected chi connectivity index (χ1v) is 21.9. The summed E-state index contributed by atoms with van der Waals surface area (Å²) < 4.78 is 3.25. The Balaban J connectivity index is -0.000000256. The van der Waals surface area contributed by atoms with Crippen LogP contribution in [0.25, 0.3) is 0 Å². The van der Waals surface area contributed by atoms with E-state index in [1.165, 1.54) is 116 Å². The maximum Gasteiger partial charge on any atom is 0.328 e. The normalized spacial score (nSPS) is 9.96. The van der Waals surface area contributed by atoms with E-state index in [0.29, 0.717) is 12.2 Å². The van der Waals surface area contributed by atoms with Crippen LogP contribution >= 0.6 is 0 Å². The predicted octanol–water partition coefficient (Wildman–Crippen LogP) is 8.15. The van der Waals surface area contributed by atoms with Crippen molar-refractivity contribution in [2.24, 2.45) is 0 Å². The summed E-state index contributed by atoms with van der Waals surface area (Å²) in [5.41, 5.74) is 0. The number of carboxylic acids is 4. The fourth-order valence-electron chi connectivity index (χ4n) is 4.03. The van der Waals surface area contributed by atoms with E-state index in [9.17, 15) is 29.4 Å². The second kappa shape index (κ2) is 46.8. The van der Waals surface area contributed by atoms with Gasteiger partial charge < -0.3 is 30.0 Å². The van der Waals surface area contributed by atoms with Gasteiger partial charge in [-0.25, -0.2) is 9.59 Å². The number of carboxylic acid groups (broad SMARTS) is 4. The van der Waals surface area contributed by atoms with Gasteiger partial charge >= 0.3 is 81.5 Å². The number of carbonyl (C=O) groups is 4. The Morgan fingerprint density at radius 2 is 0.689 bits per heavy atom. The molecule has 0 radical (unpaired) electrons. The zero-order valence-corrected chi connectivity index (χ0v) is 32.2. The Morgan fingerprint density at radius 3 is 0.911 bits per heavy atom. The van der Waals surface area contributed by atoms with Gasteiger partial charge in [0.15, 0.2) is 0 Å². The molecule has 0 atom stereocenters. The van der Waals surface area contributed by atoms with Crippen LogP contribution in [0, 0.1) is 0 Å². The van der Waals surface area contributed by atoms with Crippen molar-refractivity contribution in [1.29, 1.82) is 0 Å². The maximum absolute atomic E-state index is 10.1. The summed E-state index contributed by atoms with van der Waals surface area (Å²) in [5, 5.41) is 35.8. The van der Waals surface area contributed by atoms with Crippen molar-refractivity contribution in [3.8, 4) is 0 Å². The Labute approximate surface area is 286 Å². The number of carbonyl (C=O) groups excluding carboxylic acids is 2. The molecule has 0 saturated carbocycles. The molecule has 0 amide bonds. The van der Waals surface area contributed by atoms with Crippen molar-refractivity contribution in [3.63, 3.8) is 0 Å². The van der Waals surface area contributed by atoms with E-state index >= 15 is 0 Å². The topological polar surface area (TPSA) is 155 Å². The first kappa shape index (κ1) is 50.3. The molecule has 0 heterocycles. The zero-order chi connectivity index (χ0) is 34.8. The fraction of sp³-hybridized carbons (Fsp3) is 0.833. The molecule has 8 nitrogen and oxygen atoms in total. The van der Waals surface area contributed by atoms with Crippen molar-refractivity contribution in [1.82, 2.24) is 0 Å². The number of unbranched alkanes of at least 4 members (excludes halogenated alkanes) is 18. The van der Waals surface area contributed by atoms with Gasteiger partial charge in [0, 0.05) is 24.1 Å². The fourth-order valence-corrected chi connectivity index (χ4v) is 8.19. The van der Waals surface area contributed by atoms with Gasteiger partial charge in [-0.3, -0.25) is 0 Å². The zero-order valence-electron chi connectivity index (χ0n) is 29.4. The molecule has 45 heavy (non-hydrogen) atoms. The monoisotopic (exact) mass is 748 g/mol. The molecule has 0 aliphatic heterocycles. The van der Waals surface area contributed by atoms with Crippen LogP contribution in [0.2, 0.25) is 8.87 Å². The van der Waals surface area contributed by atoms with Gasteiger partial charge in [-0.05, 0) is 25.7 Å². The first-order valence-electron chi connectivity index (χ1n) is 17.8. The quantitative estimate of drug-likeness (QED) is 0.0462. The van der Waals surface area contributed by atoms with Gasteiger partial charge in [-0.1, -0.05) is 117 Å². The van der Waals surface area contributed by atoms with Gasteiger partial charge in [-0.2, -0.15) is 0 Å². The van der Waals surface area contributed by atoms with Gasteiger partial charge in [-0.15, -0.1) is 0 Å². The van der Waals surface area contributed by atoms with E-state index in [1.54, 1.807) is 8.87 Å². The van der Waals surface area contributed by atoms with E-state index in [1.807, 2.05) is 0 Å². The van der Waals surface area contributed by atoms with Crippen molar-refractivity contribution < 1.29 is 39.6 Å². The minimum Gasteiger partial charge on any atom is -0.478 e. The number of aliphatic carboxylic acids is 4. The molecule has 0 aliphatic carbocycles. The third kappa shape index (κ3) is 70.2. The molecule has 0 fully saturated rings. The van der Waals surface area contributed by atoms with Gasteiger partial charge in [0.1, 0.15) is 0 Å². The molecule has 0 aromatic carbocycles. The minimum atomic E-state index is -1.26. The smallest absolute Gasteiger partial charge is 0.328 e. The van der Waals surface area contributed by atoms with Crippen LogP contribution in [0.15, 0.2) is 12.2 Å². The Morgan fingerprint density at radius 1 is 0.444 bits per heavy atom. The Hall–Kier alpha value is -1.58. The molecule has 0 unspecified atom stereocenters. The van der Waals surface area contributed by atoms with E-state index in [0.717, 1.165) is 25.7 Å². The van der Waals surface area contributed by atoms with E-state index in [2.05, 4.69) is 27.7 Å². The third-order valence-corrected chi connectivity index (χ3v) is 10.8. The largest absolute Gasteiger partial charge is 0.478 e. The van der Waals surface area contributed by atoms with Crippen molar-refractivity contribution in [3.05, 3.63) is 12.2 Å². The summed E-state index contributed by atoms with van der Waals surface area (Å²) in [6.07, 6.45) is 29.3. The van der Waals surface area contributed by atoms with Crippen LogP contribution in [0.1, 0.15) is 182 Å². The van der Waals surface area contributed by atoms with Crippen LogP contribution in [0.3, 0.4) is 0 Å². The first-order chi connectivity index (χ1) is 21.6. The number of hydrogen-bond acceptors (Lipinski definition) is 6. The second-order valence-electron chi connectivity index (χ2n) is 11.4. The van der Waals surface area contributed by atoms with Crippen LogP contribution in [-0.4, -0.2) is 55.2 Å². The molecule has 0 spiro atoms. The molecular formula is C36H68O8Sn. The summed E-state index contributed by atoms with van der Waals surface area (Å²) in [7, 11) is 0. The predicted molar refractivity (Wildman–Crippen MR) is 183 cm³/mol. The van der Waals surface area contributed by atoms with Crippen molar-refractivity contribution in [2.75, 3.05) is 0 Å². The number of hydrogen-bond donors (Lipinski definition) is 2. The van der Waals surface area contributed by atoms with Crippen molar-refractivity contribution >= 4 is 45.0 Å².